The summed E-state index contributed by atoms with van der Waals surface area (Å²) >= 11 is 0. The molecule has 2 aromatic rings. The summed E-state index contributed by atoms with van der Waals surface area (Å²) in [6.45, 7) is 1.79. The van der Waals surface area contributed by atoms with Crippen LogP contribution in [0.5, 0.6) is 0 Å². The summed E-state index contributed by atoms with van der Waals surface area (Å²) in [5.41, 5.74) is 1.30. The second-order valence-corrected chi connectivity index (χ2v) is 3.74. The highest BCUT2D eigenvalue weighted by atomic mass is 19.4. The van der Waals surface area contributed by atoms with E-state index in [0.29, 0.717) is 10.9 Å². The highest BCUT2D eigenvalue weighted by molar-refractivity contribution is 5.84. The lowest BCUT2D eigenvalue weighted by Crippen LogP contribution is -2.19. The summed E-state index contributed by atoms with van der Waals surface area (Å²) in [5.74, 6) is 0. The SMILES string of the molecule is Cc1ccc2[nH]cc(C(O)C(F)(F)F)c2c1. The van der Waals surface area contributed by atoms with Crippen molar-refractivity contribution in [1.29, 1.82) is 0 Å². The molecule has 16 heavy (non-hydrogen) atoms. The second kappa shape index (κ2) is 3.52. The molecule has 2 nitrogen and oxygen atoms in total. The Morgan fingerprint density at radius 3 is 2.62 bits per heavy atom. The molecule has 86 valence electrons. The fourth-order valence-corrected chi connectivity index (χ4v) is 1.66. The molecule has 2 N–H and O–H groups in total. The van der Waals surface area contributed by atoms with E-state index in [0.717, 1.165) is 5.56 Å². The van der Waals surface area contributed by atoms with Crippen molar-refractivity contribution in [1.82, 2.24) is 4.98 Å². The Kier molecular flexibility index (Phi) is 2.42. The zero-order valence-corrected chi connectivity index (χ0v) is 8.47. The third-order valence-corrected chi connectivity index (χ3v) is 2.47. The van der Waals surface area contributed by atoms with Crippen molar-refractivity contribution in [2.45, 2.75) is 19.2 Å². The van der Waals surface area contributed by atoms with Crippen molar-refractivity contribution >= 4 is 10.9 Å². The molecule has 0 radical (unpaired) electrons. The van der Waals surface area contributed by atoms with E-state index in [9.17, 15) is 18.3 Å². The number of alkyl halides is 3. The predicted octanol–water partition coefficient (Wildman–Crippen LogP) is 3.07. The van der Waals surface area contributed by atoms with Gasteiger partial charge in [0.25, 0.3) is 0 Å². The van der Waals surface area contributed by atoms with Gasteiger partial charge in [0.2, 0.25) is 0 Å². The maximum atomic E-state index is 12.4. The summed E-state index contributed by atoms with van der Waals surface area (Å²) in [7, 11) is 0. The number of aryl methyl sites for hydroxylation is 1. The monoisotopic (exact) mass is 229 g/mol. The minimum Gasteiger partial charge on any atom is -0.379 e. The average molecular weight is 229 g/mol. The lowest BCUT2D eigenvalue weighted by Gasteiger charge is -2.13. The van der Waals surface area contributed by atoms with Crippen molar-refractivity contribution < 1.29 is 18.3 Å². The molecule has 2 rings (SSSR count). The van der Waals surface area contributed by atoms with Crippen molar-refractivity contribution in [3.05, 3.63) is 35.5 Å². The van der Waals surface area contributed by atoms with Gasteiger partial charge in [0, 0.05) is 22.7 Å². The number of aliphatic hydroxyl groups is 1. The van der Waals surface area contributed by atoms with Crippen molar-refractivity contribution in [3.63, 3.8) is 0 Å². The molecule has 0 saturated carbocycles. The fraction of sp³-hybridized carbons (Fsp3) is 0.273. The molecule has 0 aliphatic carbocycles. The maximum absolute atomic E-state index is 12.4. The Morgan fingerprint density at radius 1 is 1.31 bits per heavy atom. The van der Waals surface area contributed by atoms with Crippen LogP contribution in [0.25, 0.3) is 10.9 Å². The highest BCUT2D eigenvalue weighted by Gasteiger charge is 2.40. The van der Waals surface area contributed by atoms with Gasteiger partial charge in [-0.05, 0) is 19.1 Å². The molecule has 0 spiro atoms. The topological polar surface area (TPSA) is 36.0 Å². The Balaban J connectivity index is 2.57. The first-order valence-corrected chi connectivity index (χ1v) is 4.72. The highest BCUT2D eigenvalue weighted by Crippen LogP contribution is 2.36. The zero-order valence-electron chi connectivity index (χ0n) is 8.47. The molecule has 1 aromatic carbocycles. The Hall–Kier alpha value is -1.49. The Morgan fingerprint density at radius 2 is 2.00 bits per heavy atom. The van der Waals surface area contributed by atoms with Crippen LogP contribution >= 0.6 is 0 Å². The maximum Gasteiger partial charge on any atom is 0.418 e. The molecular formula is C11H10F3NO. The standard InChI is InChI=1S/C11H10F3NO/c1-6-2-3-9-7(4-6)8(5-15-9)10(16)11(12,13)14/h2-5,10,15-16H,1H3. The zero-order chi connectivity index (χ0) is 11.9. The van der Waals surface area contributed by atoms with Gasteiger partial charge in [-0.1, -0.05) is 11.6 Å². The van der Waals surface area contributed by atoms with Crippen LogP contribution in [0.3, 0.4) is 0 Å². The van der Waals surface area contributed by atoms with Crippen LogP contribution in [0, 0.1) is 6.92 Å². The molecule has 5 heteroatoms. The van der Waals surface area contributed by atoms with Gasteiger partial charge < -0.3 is 10.1 Å². The van der Waals surface area contributed by atoms with E-state index in [1.54, 1.807) is 25.1 Å². The number of hydrogen-bond donors (Lipinski definition) is 2. The molecule has 0 saturated heterocycles. The van der Waals surface area contributed by atoms with Gasteiger partial charge in [0.1, 0.15) is 0 Å². The number of nitrogens with one attached hydrogen (secondary N) is 1. The Labute approximate surface area is 89.7 Å². The van der Waals surface area contributed by atoms with Crippen molar-refractivity contribution in [2.75, 3.05) is 0 Å². The van der Waals surface area contributed by atoms with Gasteiger partial charge in [0.15, 0.2) is 6.10 Å². The molecule has 0 fully saturated rings. The number of rotatable bonds is 1. The molecule has 1 aromatic heterocycles. The lowest BCUT2D eigenvalue weighted by molar-refractivity contribution is -0.206. The largest absolute Gasteiger partial charge is 0.418 e. The minimum atomic E-state index is -4.64. The number of halogens is 3. The second-order valence-electron chi connectivity index (χ2n) is 3.74. The first-order valence-electron chi connectivity index (χ1n) is 4.72. The van der Waals surface area contributed by atoms with Crippen LogP contribution in [-0.4, -0.2) is 16.3 Å². The first kappa shape index (κ1) is 11.0. The van der Waals surface area contributed by atoms with Crippen LogP contribution in [0.2, 0.25) is 0 Å². The molecule has 0 amide bonds. The molecule has 1 heterocycles. The summed E-state index contributed by atoms with van der Waals surface area (Å²) < 4.78 is 37.1. The van der Waals surface area contributed by atoms with E-state index in [1.807, 2.05) is 0 Å². The molecule has 0 aliphatic heterocycles. The van der Waals surface area contributed by atoms with E-state index < -0.39 is 12.3 Å². The predicted molar refractivity (Wildman–Crippen MR) is 54.1 cm³/mol. The van der Waals surface area contributed by atoms with Crippen LogP contribution in [0.1, 0.15) is 17.2 Å². The third kappa shape index (κ3) is 1.78. The molecule has 1 unspecified atom stereocenters. The van der Waals surface area contributed by atoms with E-state index >= 15 is 0 Å². The van der Waals surface area contributed by atoms with Gasteiger partial charge in [0.05, 0.1) is 0 Å². The van der Waals surface area contributed by atoms with Crippen LogP contribution < -0.4 is 0 Å². The Bertz CT molecular complexity index is 515. The lowest BCUT2D eigenvalue weighted by atomic mass is 10.1. The number of benzene rings is 1. The summed E-state index contributed by atoms with van der Waals surface area (Å²) in [6, 6.07) is 5.11. The molecule has 1 atom stereocenters. The van der Waals surface area contributed by atoms with Gasteiger partial charge in [-0.15, -0.1) is 0 Å². The van der Waals surface area contributed by atoms with Gasteiger partial charge in [-0.25, -0.2) is 0 Å². The normalized spacial score (nSPS) is 14.3. The van der Waals surface area contributed by atoms with E-state index in [4.69, 9.17) is 0 Å². The molecule has 0 bridgehead atoms. The smallest absolute Gasteiger partial charge is 0.379 e. The van der Waals surface area contributed by atoms with Crippen LogP contribution in [0.4, 0.5) is 13.2 Å². The number of aromatic amines is 1. The van der Waals surface area contributed by atoms with Crippen LogP contribution in [0.15, 0.2) is 24.4 Å². The number of aromatic nitrogens is 1. The first-order chi connectivity index (χ1) is 7.39. The number of fused-ring (bicyclic) bond motifs is 1. The van der Waals surface area contributed by atoms with Crippen LogP contribution in [-0.2, 0) is 0 Å². The summed E-state index contributed by atoms with van der Waals surface area (Å²) in [4.78, 5) is 2.71. The summed E-state index contributed by atoms with van der Waals surface area (Å²) in [5, 5.41) is 9.60. The molecule has 0 aliphatic rings. The van der Waals surface area contributed by atoms with Crippen molar-refractivity contribution in [3.8, 4) is 0 Å². The minimum absolute atomic E-state index is 0.133. The summed E-state index contributed by atoms with van der Waals surface area (Å²) in [6.07, 6.45) is -5.88. The number of hydrogen-bond acceptors (Lipinski definition) is 1. The fourth-order valence-electron chi connectivity index (χ4n) is 1.66. The third-order valence-electron chi connectivity index (χ3n) is 2.47. The molecular weight excluding hydrogens is 219 g/mol. The van der Waals surface area contributed by atoms with Gasteiger partial charge >= 0.3 is 6.18 Å². The van der Waals surface area contributed by atoms with Gasteiger partial charge in [-0.3, -0.25) is 0 Å². The number of H-pyrrole nitrogens is 1. The van der Waals surface area contributed by atoms with Gasteiger partial charge in [-0.2, -0.15) is 13.2 Å². The average Bonchev–Trinajstić information content (AvgIpc) is 2.57. The quantitative estimate of drug-likeness (QED) is 0.774. The van der Waals surface area contributed by atoms with E-state index in [-0.39, 0.29) is 5.56 Å². The van der Waals surface area contributed by atoms with Crippen molar-refractivity contribution in [2.24, 2.45) is 0 Å². The van der Waals surface area contributed by atoms with E-state index in [2.05, 4.69) is 4.98 Å². The van der Waals surface area contributed by atoms with E-state index in [1.165, 1.54) is 6.20 Å². The number of aliphatic hydroxyl groups excluding tert-OH is 1.